The monoisotopic (exact) mass is 248 g/mol. The Morgan fingerprint density at radius 1 is 1.06 bits per heavy atom. The Kier molecular flexibility index (Phi) is 4.00. The van der Waals surface area contributed by atoms with E-state index in [-0.39, 0.29) is 0 Å². The van der Waals surface area contributed by atoms with Crippen molar-refractivity contribution in [1.29, 1.82) is 0 Å². The maximum absolute atomic E-state index is 5.46. The number of piperidine rings is 1. The number of rotatable bonds is 1. The molecule has 1 aliphatic heterocycles. The Bertz CT molecular complexity index is 388. The van der Waals surface area contributed by atoms with Gasteiger partial charge in [-0.2, -0.15) is 0 Å². The van der Waals surface area contributed by atoms with Gasteiger partial charge < -0.3 is 10.2 Å². The van der Waals surface area contributed by atoms with Gasteiger partial charge in [0.25, 0.3) is 0 Å². The predicted octanol–water partition coefficient (Wildman–Crippen LogP) is 3.49. The molecule has 0 atom stereocenters. The van der Waals surface area contributed by atoms with Crippen LogP contribution in [-0.2, 0) is 0 Å². The molecule has 92 valence electrons. The topological polar surface area (TPSA) is 15.3 Å². The van der Waals surface area contributed by atoms with Gasteiger partial charge in [0.05, 0.1) is 0 Å². The SMILES string of the molecule is Cc1cc(C)cc(NC(=S)N2CCCCC2)c1. The van der Waals surface area contributed by atoms with Crippen molar-refractivity contribution in [3.63, 3.8) is 0 Å². The summed E-state index contributed by atoms with van der Waals surface area (Å²) in [6, 6.07) is 6.46. The number of anilines is 1. The molecule has 1 aromatic carbocycles. The van der Waals surface area contributed by atoms with Crippen LogP contribution in [0.15, 0.2) is 18.2 Å². The van der Waals surface area contributed by atoms with Gasteiger partial charge in [-0.05, 0) is 68.6 Å². The zero-order valence-electron chi connectivity index (χ0n) is 10.6. The molecule has 0 spiro atoms. The van der Waals surface area contributed by atoms with Crippen molar-refractivity contribution in [1.82, 2.24) is 4.90 Å². The van der Waals surface area contributed by atoms with Crippen LogP contribution < -0.4 is 5.32 Å². The van der Waals surface area contributed by atoms with Crippen LogP contribution >= 0.6 is 12.2 Å². The van der Waals surface area contributed by atoms with E-state index in [1.807, 2.05) is 0 Å². The van der Waals surface area contributed by atoms with Gasteiger partial charge in [0.15, 0.2) is 5.11 Å². The first kappa shape index (κ1) is 12.4. The molecule has 1 heterocycles. The van der Waals surface area contributed by atoms with E-state index in [0.29, 0.717) is 0 Å². The van der Waals surface area contributed by atoms with Crippen LogP contribution in [0.1, 0.15) is 30.4 Å². The number of hydrogen-bond donors (Lipinski definition) is 1. The molecule has 0 saturated carbocycles. The Balaban J connectivity index is 2.01. The molecule has 2 nitrogen and oxygen atoms in total. The number of hydrogen-bond acceptors (Lipinski definition) is 1. The first-order valence-electron chi connectivity index (χ1n) is 6.29. The number of benzene rings is 1. The van der Waals surface area contributed by atoms with E-state index < -0.39 is 0 Å². The second-order valence-corrected chi connectivity index (χ2v) is 5.24. The quantitative estimate of drug-likeness (QED) is 0.766. The molecule has 1 N–H and O–H groups in total. The maximum Gasteiger partial charge on any atom is 0.173 e. The van der Waals surface area contributed by atoms with Crippen LogP contribution in [0.4, 0.5) is 5.69 Å². The first-order chi connectivity index (χ1) is 8.15. The summed E-state index contributed by atoms with van der Waals surface area (Å²) in [6.45, 7) is 6.41. The fourth-order valence-corrected chi connectivity index (χ4v) is 2.65. The summed E-state index contributed by atoms with van der Waals surface area (Å²) in [5.74, 6) is 0. The normalized spacial score (nSPS) is 15.8. The van der Waals surface area contributed by atoms with E-state index in [1.165, 1.54) is 30.4 Å². The molecule has 0 bridgehead atoms. The lowest BCUT2D eigenvalue weighted by atomic mass is 10.1. The molecule has 3 heteroatoms. The third kappa shape index (κ3) is 3.43. The van der Waals surface area contributed by atoms with Crippen molar-refractivity contribution in [2.24, 2.45) is 0 Å². The summed E-state index contributed by atoms with van der Waals surface area (Å²) in [6.07, 6.45) is 3.85. The highest BCUT2D eigenvalue weighted by Crippen LogP contribution is 2.16. The van der Waals surface area contributed by atoms with Crippen LogP contribution in [0.2, 0.25) is 0 Å². The molecule has 1 saturated heterocycles. The molecule has 1 aliphatic rings. The summed E-state index contributed by atoms with van der Waals surface area (Å²) < 4.78 is 0. The van der Waals surface area contributed by atoms with Gasteiger partial charge in [0.1, 0.15) is 0 Å². The minimum Gasteiger partial charge on any atom is -0.349 e. The number of likely N-dealkylation sites (tertiary alicyclic amines) is 1. The number of nitrogens with zero attached hydrogens (tertiary/aromatic N) is 1. The van der Waals surface area contributed by atoms with Crippen molar-refractivity contribution in [3.8, 4) is 0 Å². The van der Waals surface area contributed by atoms with Gasteiger partial charge in [0.2, 0.25) is 0 Å². The number of thiocarbonyl (C=S) groups is 1. The van der Waals surface area contributed by atoms with Gasteiger partial charge >= 0.3 is 0 Å². The van der Waals surface area contributed by atoms with Crippen LogP contribution in [0, 0.1) is 13.8 Å². The molecule has 1 fully saturated rings. The molecule has 17 heavy (non-hydrogen) atoms. The first-order valence-corrected chi connectivity index (χ1v) is 6.70. The van der Waals surface area contributed by atoms with Crippen molar-refractivity contribution < 1.29 is 0 Å². The van der Waals surface area contributed by atoms with Crippen LogP contribution in [0.3, 0.4) is 0 Å². The summed E-state index contributed by atoms with van der Waals surface area (Å²) >= 11 is 5.46. The average Bonchev–Trinajstić information content (AvgIpc) is 2.28. The van der Waals surface area contributed by atoms with Crippen molar-refractivity contribution in [2.75, 3.05) is 18.4 Å². The second kappa shape index (κ2) is 5.50. The number of aryl methyl sites for hydroxylation is 2. The van der Waals surface area contributed by atoms with Crippen molar-refractivity contribution in [3.05, 3.63) is 29.3 Å². The van der Waals surface area contributed by atoms with Crippen LogP contribution in [0.5, 0.6) is 0 Å². The lowest BCUT2D eigenvalue weighted by molar-refractivity contribution is 0.346. The van der Waals surface area contributed by atoms with Crippen LogP contribution in [0.25, 0.3) is 0 Å². The Morgan fingerprint density at radius 3 is 2.24 bits per heavy atom. The standard InChI is InChI=1S/C14H20N2S/c1-11-8-12(2)10-13(9-11)15-14(17)16-6-4-3-5-7-16/h8-10H,3-7H2,1-2H3,(H,15,17). The third-order valence-electron chi connectivity index (χ3n) is 3.12. The lowest BCUT2D eigenvalue weighted by Crippen LogP contribution is -2.38. The molecular weight excluding hydrogens is 228 g/mol. The molecule has 2 rings (SSSR count). The maximum atomic E-state index is 5.46. The second-order valence-electron chi connectivity index (χ2n) is 4.85. The van der Waals surface area contributed by atoms with Crippen molar-refractivity contribution in [2.45, 2.75) is 33.1 Å². The van der Waals surface area contributed by atoms with E-state index in [1.54, 1.807) is 0 Å². The predicted molar refractivity (Wildman–Crippen MR) is 77.6 cm³/mol. The highest BCUT2D eigenvalue weighted by Gasteiger charge is 2.13. The smallest absolute Gasteiger partial charge is 0.173 e. The molecule has 1 aromatic rings. The number of nitrogens with one attached hydrogen (secondary N) is 1. The van der Waals surface area contributed by atoms with Gasteiger partial charge in [0, 0.05) is 18.8 Å². The Labute approximate surface area is 109 Å². The van der Waals surface area contributed by atoms with Crippen LogP contribution in [-0.4, -0.2) is 23.1 Å². The minimum atomic E-state index is 0.870. The molecule has 0 radical (unpaired) electrons. The zero-order chi connectivity index (χ0) is 12.3. The fourth-order valence-electron chi connectivity index (χ4n) is 2.35. The summed E-state index contributed by atoms with van der Waals surface area (Å²) in [5.41, 5.74) is 3.65. The third-order valence-corrected chi connectivity index (χ3v) is 3.48. The van der Waals surface area contributed by atoms with Gasteiger partial charge in [-0.15, -0.1) is 0 Å². The highest BCUT2D eigenvalue weighted by molar-refractivity contribution is 7.80. The van der Waals surface area contributed by atoms with E-state index in [4.69, 9.17) is 12.2 Å². The fraction of sp³-hybridized carbons (Fsp3) is 0.500. The Hall–Kier alpha value is -1.09. The minimum absolute atomic E-state index is 0.870. The summed E-state index contributed by atoms with van der Waals surface area (Å²) in [4.78, 5) is 2.27. The molecule has 0 amide bonds. The largest absolute Gasteiger partial charge is 0.349 e. The van der Waals surface area contributed by atoms with E-state index >= 15 is 0 Å². The zero-order valence-corrected chi connectivity index (χ0v) is 11.4. The van der Waals surface area contributed by atoms with E-state index in [2.05, 4.69) is 42.3 Å². The van der Waals surface area contributed by atoms with E-state index in [9.17, 15) is 0 Å². The van der Waals surface area contributed by atoms with Gasteiger partial charge in [-0.25, -0.2) is 0 Å². The Morgan fingerprint density at radius 2 is 1.65 bits per heavy atom. The highest BCUT2D eigenvalue weighted by atomic mass is 32.1. The summed E-state index contributed by atoms with van der Waals surface area (Å²) in [7, 11) is 0. The average molecular weight is 248 g/mol. The molecule has 0 aromatic heterocycles. The van der Waals surface area contributed by atoms with Gasteiger partial charge in [-0.3, -0.25) is 0 Å². The van der Waals surface area contributed by atoms with Gasteiger partial charge in [-0.1, -0.05) is 6.07 Å². The lowest BCUT2D eigenvalue weighted by Gasteiger charge is -2.29. The summed E-state index contributed by atoms with van der Waals surface area (Å²) in [5, 5.41) is 4.22. The molecule has 0 unspecified atom stereocenters. The molecule has 0 aliphatic carbocycles. The van der Waals surface area contributed by atoms with Crippen molar-refractivity contribution >= 4 is 23.0 Å². The van der Waals surface area contributed by atoms with E-state index in [0.717, 1.165) is 23.9 Å². The molecular formula is C14H20N2S.